The molecule has 11 rings (SSSR count). The van der Waals surface area contributed by atoms with Crippen LogP contribution >= 0.6 is 0 Å². The van der Waals surface area contributed by atoms with Gasteiger partial charge in [-0.3, -0.25) is 0 Å². The fourth-order valence-corrected chi connectivity index (χ4v) is 8.13. The Morgan fingerprint density at radius 2 is 1.02 bits per heavy atom. The summed E-state index contributed by atoms with van der Waals surface area (Å²) in [7, 11) is 0. The molecule has 58 heavy (non-hydrogen) atoms. The second-order valence-corrected chi connectivity index (χ2v) is 14.3. The minimum absolute atomic E-state index is 0.551. The first-order valence-electron chi connectivity index (χ1n) is 19.2. The Bertz CT molecular complexity index is 3340. The molecular formula is C52H31N5O. The van der Waals surface area contributed by atoms with Crippen molar-refractivity contribution in [2.75, 3.05) is 0 Å². The molecule has 0 bridgehead atoms. The van der Waals surface area contributed by atoms with Gasteiger partial charge in [-0.2, -0.15) is 5.26 Å². The Morgan fingerprint density at radius 3 is 1.76 bits per heavy atom. The van der Waals surface area contributed by atoms with Crippen LogP contribution in [0.3, 0.4) is 0 Å². The third-order valence-electron chi connectivity index (χ3n) is 10.9. The van der Waals surface area contributed by atoms with E-state index in [1.807, 2.05) is 103 Å². The molecule has 0 N–H and O–H groups in total. The summed E-state index contributed by atoms with van der Waals surface area (Å²) in [5, 5.41) is 13.9. The molecule has 0 unspecified atom stereocenters. The van der Waals surface area contributed by atoms with Crippen LogP contribution in [-0.4, -0.2) is 19.5 Å². The third kappa shape index (κ3) is 5.53. The number of aromatic nitrogens is 4. The summed E-state index contributed by atoms with van der Waals surface area (Å²) in [6, 6.07) is 66.3. The largest absolute Gasteiger partial charge is 0.455 e. The van der Waals surface area contributed by atoms with Gasteiger partial charge in [-0.05, 0) is 59.2 Å². The normalized spacial score (nSPS) is 11.4. The van der Waals surface area contributed by atoms with E-state index < -0.39 is 0 Å². The number of para-hydroxylation sites is 3. The lowest BCUT2D eigenvalue weighted by molar-refractivity contribution is 0.670. The molecule has 6 heteroatoms. The molecule has 0 saturated carbocycles. The maximum absolute atomic E-state index is 9.47. The minimum atomic E-state index is 0.551. The van der Waals surface area contributed by atoms with Crippen molar-refractivity contribution in [3.8, 4) is 68.2 Å². The van der Waals surface area contributed by atoms with E-state index in [2.05, 4.69) is 95.6 Å². The highest BCUT2D eigenvalue weighted by molar-refractivity contribution is 6.12. The van der Waals surface area contributed by atoms with Crippen LogP contribution in [0.4, 0.5) is 0 Å². The molecule has 0 aliphatic rings. The maximum Gasteiger partial charge on any atom is 0.166 e. The number of nitrogens with zero attached hydrogens (tertiary/aromatic N) is 5. The minimum Gasteiger partial charge on any atom is -0.455 e. The van der Waals surface area contributed by atoms with Crippen molar-refractivity contribution in [3.05, 3.63) is 194 Å². The SMILES string of the molecule is N#Cc1ccc(-c2ccc3c4ccccc4n(-c4ccc(-c5cccc6c5oc5ccccc56)cc4-c4nc(-c5ccccc5)nc(-c5ccccc5)n4)c3c2)cc1. The molecule has 0 amide bonds. The van der Waals surface area contributed by atoms with Crippen LogP contribution in [0.1, 0.15) is 5.56 Å². The Morgan fingerprint density at radius 1 is 0.414 bits per heavy atom. The van der Waals surface area contributed by atoms with Crippen LogP contribution < -0.4 is 0 Å². The highest BCUT2D eigenvalue weighted by Gasteiger charge is 2.22. The molecule has 0 aliphatic carbocycles. The molecule has 0 aliphatic heterocycles. The van der Waals surface area contributed by atoms with Gasteiger partial charge >= 0.3 is 0 Å². The fourth-order valence-electron chi connectivity index (χ4n) is 8.13. The number of nitriles is 1. The topological polar surface area (TPSA) is 80.5 Å². The third-order valence-corrected chi connectivity index (χ3v) is 10.9. The Hall–Kier alpha value is -8.14. The van der Waals surface area contributed by atoms with Gasteiger partial charge in [0.25, 0.3) is 0 Å². The summed E-state index contributed by atoms with van der Waals surface area (Å²) in [6.45, 7) is 0. The highest BCUT2D eigenvalue weighted by Crippen LogP contribution is 2.42. The Labute approximate surface area is 333 Å². The van der Waals surface area contributed by atoms with Crippen LogP contribution in [0, 0.1) is 11.3 Å². The summed E-state index contributed by atoms with van der Waals surface area (Å²) in [5.74, 6) is 1.73. The van der Waals surface area contributed by atoms with E-state index in [0.29, 0.717) is 23.0 Å². The van der Waals surface area contributed by atoms with Gasteiger partial charge in [-0.15, -0.1) is 0 Å². The number of fused-ring (bicyclic) bond motifs is 6. The standard InChI is InChI=1S/C52H31N5O/c53-32-33-22-24-34(25-23-33)37-26-28-41-40-16-7-9-20-45(40)57(47(41)31-37)46-29-27-38(39-18-11-19-43-42-17-8-10-21-48(42)58-49(39)43)30-44(46)52-55-50(35-12-3-1-4-13-35)54-51(56-52)36-14-5-2-6-15-36/h1-31H. The highest BCUT2D eigenvalue weighted by atomic mass is 16.3. The van der Waals surface area contributed by atoms with Crippen LogP contribution in [0.5, 0.6) is 0 Å². The number of hydrogen-bond acceptors (Lipinski definition) is 5. The van der Waals surface area contributed by atoms with E-state index in [-0.39, 0.29) is 0 Å². The van der Waals surface area contributed by atoms with Gasteiger partial charge < -0.3 is 8.98 Å². The Balaban J connectivity index is 1.22. The second-order valence-electron chi connectivity index (χ2n) is 14.3. The van der Waals surface area contributed by atoms with Crippen LogP contribution in [0.25, 0.3) is 106 Å². The summed E-state index contributed by atoms with van der Waals surface area (Å²) in [4.78, 5) is 15.5. The lowest BCUT2D eigenvalue weighted by Crippen LogP contribution is -2.04. The molecule has 6 nitrogen and oxygen atoms in total. The van der Waals surface area contributed by atoms with Gasteiger partial charge in [-0.1, -0.05) is 146 Å². The van der Waals surface area contributed by atoms with E-state index in [1.54, 1.807) is 0 Å². The first-order chi connectivity index (χ1) is 28.7. The molecule has 11 aromatic rings. The van der Waals surface area contributed by atoms with Gasteiger partial charge in [0.05, 0.1) is 28.4 Å². The van der Waals surface area contributed by atoms with E-state index >= 15 is 0 Å². The van der Waals surface area contributed by atoms with Gasteiger partial charge in [0.1, 0.15) is 11.2 Å². The maximum atomic E-state index is 9.47. The van der Waals surface area contributed by atoms with Crippen molar-refractivity contribution in [2.24, 2.45) is 0 Å². The van der Waals surface area contributed by atoms with Crippen LogP contribution in [0.15, 0.2) is 192 Å². The van der Waals surface area contributed by atoms with Crippen molar-refractivity contribution in [3.63, 3.8) is 0 Å². The summed E-state index contributed by atoms with van der Waals surface area (Å²) in [6.07, 6.45) is 0. The fraction of sp³-hybridized carbons (Fsp3) is 0. The zero-order valence-electron chi connectivity index (χ0n) is 31.0. The zero-order valence-corrected chi connectivity index (χ0v) is 31.0. The van der Waals surface area contributed by atoms with E-state index in [4.69, 9.17) is 19.4 Å². The van der Waals surface area contributed by atoms with E-state index in [9.17, 15) is 5.26 Å². The zero-order chi connectivity index (χ0) is 38.6. The van der Waals surface area contributed by atoms with E-state index in [1.165, 1.54) is 0 Å². The van der Waals surface area contributed by atoms with Gasteiger partial charge in [0.15, 0.2) is 17.5 Å². The van der Waals surface area contributed by atoms with Gasteiger partial charge in [0, 0.05) is 43.8 Å². The molecule has 0 spiro atoms. The van der Waals surface area contributed by atoms with Crippen LogP contribution in [0.2, 0.25) is 0 Å². The molecule has 0 radical (unpaired) electrons. The van der Waals surface area contributed by atoms with Gasteiger partial charge in [-0.25, -0.2) is 15.0 Å². The van der Waals surface area contributed by atoms with Crippen molar-refractivity contribution in [1.29, 1.82) is 5.26 Å². The summed E-state index contributed by atoms with van der Waals surface area (Å²) < 4.78 is 8.89. The lowest BCUT2D eigenvalue weighted by atomic mass is 9.98. The quantitative estimate of drug-likeness (QED) is 0.169. The number of rotatable bonds is 6. The first-order valence-corrected chi connectivity index (χ1v) is 19.2. The van der Waals surface area contributed by atoms with Crippen molar-refractivity contribution in [1.82, 2.24) is 19.5 Å². The van der Waals surface area contributed by atoms with Crippen molar-refractivity contribution < 1.29 is 4.42 Å². The smallest absolute Gasteiger partial charge is 0.166 e. The lowest BCUT2D eigenvalue weighted by Gasteiger charge is -2.17. The molecular weight excluding hydrogens is 711 g/mol. The van der Waals surface area contributed by atoms with E-state index in [0.717, 1.165) is 88.4 Å². The molecule has 0 fully saturated rings. The Kier molecular flexibility index (Phi) is 7.76. The average Bonchev–Trinajstić information content (AvgIpc) is 3.85. The molecule has 270 valence electrons. The van der Waals surface area contributed by atoms with Gasteiger partial charge in [0.2, 0.25) is 0 Å². The number of furan rings is 1. The molecule has 0 atom stereocenters. The van der Waals surface area contributed by atoms with Crippen molar-refractivity contribution in [2.45, 2.75) is 0 Å². The second kappa shape index (κ2) is 13.6. The average molecular weight is 742 g/mol. The predicted molar refractivity (Wildman–Crippen MR) is 233 cm³/mol. The summed E-state index contributed by atoms with van der Waals surface area (Å²) >= 11 is 0. The molecule has 3 aromatic heterocycles. The number of benzene rings is 8. The molecule has 3 heterocycles. The van der Waals surface area contributed by atoms with Crippen molar-refractivity contribution >= 4 is 43.7 Å². The number of hydrogen-bond donors (Lipinski definition) is 0. The predicted octanol–water partition coefficient (Wildman–Crippen LogP) is 13.1. The van der Waals surface area contributed by atoms with Crippen LogP contribution in [-0.2, 0) is 0 Å². The first kappa shape index (κ1) is 33.2. The molecule has 0 saturated heterocycles. The monoisotopic (exact) mass is 741 g/mol. The molecule has 8 aromatic carbocycles. The summed E-state index contributed by atoms with van der Waals surface area (Å²) in [5.41, 5.74) is 12.0.